The molecule has 3 aliphatic rings. The van der Waals surface area contributed by atoms with Gasteiger partial charge in [-0.2, -0.15) is 11.8 Å². The van der Waals surface area contributed by atoms with Crippen LogP contribution in [0.3, 0.4) is 0 Å². The molecule has 0 atom stereocenters. The maximum absolute atomic E-state index is 13.4. The van der Waals surface area contributed by atoms with Gasteiger partial charge >= 0.3 is 11.9 Å². The first kappa shape index (κ1) is 38.1. The number of rotatable bonds is 14. The molecule has 15 heteroatoms. The van der Waals surface area contributed by atoms with Crippen LogP contribution in [0.5, 0.6) is 0 Å². The van der Waals surface area contributed by atoms with Crippen molar-refractivity contribution in [3.63, 3.8) is 0 Å². The zero-order chi connectivity index (χ0) is 37.5. The minimum absolute atomic E-state index is 0.000823. The Balaban J connectivity index is 1.42. The summed E-state index contributed by atoms with van der Waals surface area (Å²) < 4.78 is 5.89. The molecule has 0 radical (unpaired) electrons. The van der Waals surface area contributed by atoms with Crippen molar-refractivity contribution in [2.45, 2.75) is 40.0 Å². The van der Waals surface area contributed by atoms with Gasteiger partial charge in [0.05, 0.1) is 17.7 Å². The van der Waals surface area contributed by atoms with Crippen molar-refractivity contribution < 1.29 is 48.2 Å². The number of carbonyl (C=O) groups excluding carboxylic acids is 5. The number of carbonyl (C=O) groups is 6. The summed E-state index contributed by atoms with van der Waals surface area (Å²) in [5.74, 6) is -3.87. The van der Waals surface area contributed by atoms with Crippen molar-refractivity contribution in [3.8, 4) is 22.5 Å². The topological polar surface area (TPSA) is 210 Å². The van der Waals surface area contributed by atoms with Gasteiger partial charge in [0.2, 0.25) is 5.91 Å². The van der Waals surface area contributed by atoms with Crippen molar-refractivity contribution in [2.24, 2.45) is 5.41 Å². The maximum Gasteiger partial charge on any atom is 0.336 e. The lowest BCUT2D eigenvalue weighted by Gasteiger charge is -2.25. The molecule has 1 fully saturated rings. The third-order valence-electron chi connectivity index (χ3n) is 7.72. The van der Waals surface area contributed by atoms with E-state index in [0.29, 0.717) is 21.4 Å². The fourth-order valence-electron chi connectivity index (χ4n) is 5.15. The number of carboxylic acids is 1. The highest BCUT2D eigenvalue weighted by molar-refractivity contribution is 7.99. The number of hydroxylamine groups is 2. The van der Waals surface area contributed by atoms with Crippen LogP contribution in [0.2, 0.25) is 0 Å². The molecule has 1 aromatic rings. The van der Waals surface area contributed by atoms with Gasteiger partial charge < -0.3 is 30.1 Å². The van der Waals surface area contributed by atoms with Crippen LogP contribution in [0.4, 0.5) is 0 Å². The summed E-state index contributed by atoms with van der Waals surface area (Å²) in [6, 6.07) is 8.19. The number of aromatic carboxylic acids is 1. The number of hydrogen-bond acceptors (Lipinski definition) is 11. The zero-order valence-corrected chi connectivity index (χ0v) is 29.0. The van der Waals surface area contributed by atoms with Crippen LogP contribution in [-0.4, -0.2) is 75.4 Å². The highest BCUT2D eigenvalue weighted by atomic mass is 32.2. The summed E-state index contributed by atoms with van der Waals surface area (Å²) in [6.45, 7) is 9.16. The van der Waals surface area contributed by atoms with E-state index in [1.54, 1.807) is 13.0 Å². The van der Waals surface area contributed by atoms with E-state index < -0.39 is 35.1 Å². The summed E-state index contributed by atoms with van der Waals surface area (Å²) in [6.07, 6.45) is 2.79. The summed E-state index contributed by atoms with van der Waals surface area (Å²) in [5, 5.41) is 26.5. The molecule has 2 heterocycles. The lowest BCUT2D eigenvalue weighted by molar-refractivity contribution is -0.197. The smallest absolute Gasteiger partial charge is 0.336 e. The highest BCUT2D eigenvalue weighted by Crippen LogP contribution is 2.32. The van der Waals surface area contributed by atoms with Gasteiger partial charge in [-0.3, -0.25) is 24.0 Å². The van der Waals surface area contributed by atoms with E-state index in [-0.39, 0.29) is 88.8 Å². The molecule has 1 aromatic carbocycles. The molecule has 0 aromatic heterocycles. The number of benzene rings is 2. The number of imide groups is 1. The molecule has 1 saturated heterocycles. The fraction of sp³-hybridized carbons (Fsp3) is 0.306. The molecule has 0 spiro atoms. The first-order chi connectivity index (χ1) is 24.1. The first-order valence-electron chi connectivity index (χ1n) is 15.8. The van der Waals surface area contributed by atoms with Crippen LogP contribution in [-0.2, 0) is 24.0 Å². The highest BCUT2D eigenvalue weighted by Gasteiger charge is 2.32. The van der Waals surface area contributed by atoms with E-state index in [2.05, 4.69) is 17.2 Å². The molecular weight excluding hydrogens is 682 g/mol. The second-order valence-electron chi connectivity index (χ2n) is 12.4. The molecule has 0 saturated carbocycles. The van der Waals surface area contributed by atoms with Crippen LogP contribution in [0.15, 0.2) is 57.9 Å². The number of aliphatic hydroxyl groups is 1. The quantitative estimate of drug-likeness (QED) is 0.108. The fourth-order valence-corrected chi connectivity index (χ4v) is 5.89. The molecule has 0 bridgehead atoms. The summed E-state index contributed by atoms with van der Waals surface area (Å²) in [7, 11) is 0. The van der Waals surface area contributed by atoms with Crippen molar-refractivity contribution >= 4 is 59.5 Å². The summed E-state index contributed by atoms with van der Waals surface area (Å²) in [5.41, 5.74) is 0.165. The molecule has 2 aliphatic heterocycles. The standard InChI is InChI=1S/C36H37N3O11S/c1-5-23-27(14-20(2)40)49-28-16-22(41)7-9-25(28)33(23)26-15-21(6-8-24(26)35(47)48)34(46)38-19-36(3,4)18-37-29(42)17-51-13-12-32(45)50-39-30(43)10-11-31(39)44/h5-9,14-16,40H,2,10-13,17-19H2,1,3-4H3,(H,37,42)(H,38,46)(H,47,48)/b23-5+,27-14+. The predicted octanol–water partition coefficient (Wildman–Crippen LogP) is 2.37. The number of nitrogens with zero attached hydrogens (tertiary/aromatic N) is 1. The number of allylic oxidation sites excluding steroid dienone is 1. The Kier molecular flexibility index (Phi) is 12.2. The zero-order valence-electron chi connectivity index (χ0n) is 28.2. The molecule has 4 rings (SSSR count). The van der Waals surface area contributed by atoms with E-state index in [4.69, 9.17) is 9.25 Å². The SMILES string of the molecule is C=C(O)/C=c1/oc2cc(=O)ccc-2c(-c2cc(C(=O)NCC(C)(C)CNC(=O)CSCCC(=O)ON3C(=O)CCC3=O)ccc2C(=O)O)/c1=C/C. The predicted molar refractivity (Wildman–Crippen MR) is 188 cm³/mol. The number of thioether (sulfide) groups is 1. The molecular formula is C36H37N3O11S. The van der Waals surface area contributed by atoms with E-state index in [9.17, 15) is 43.8 Å². The normalized spacial score (nSPS) is 13.8. The summed E-state index contributed by atoms with van der Waals surface area (Å²) in [4.78, 5) is 90.2. The Labute approximate surface area is 296 Å². The number of nitrogens with one attached hydrogen (secondary N) is 2. The summed E-state index contributed by atoms with van der Waals surface area (Å²) >= 11 is 1.17. The van der Waals surface area contributed by atoms with Crippen LogP contribution in [0.1, 0.15) is 60.7 Å². The lowest BCUT2D eigenvalue weighted by atomic mass is 9.90. The molecule has 51 heavy (non-hydrogen) atoms. The van der Waals surface area contributed by atoms with Gasteiger partial charge in [-0.05, 0) is 48.2 Å². The molecule has 268 valence electrons. The van der Waals surface area contributed by atoms with Gasteiger partial charge in [0.25, 0.3) is 17.7 Å². The average molecular weight is 720 g/mol. The number of aliphatic hydroxyl groups excluding tert-OH is 1. The van der Waals surface area contributed by atoms with Crippen molar-refractivity contribution in [1.29, 1.82) is 0 Å². The van der Waals surface area contributed by atoms with Gasteiger partial charge in [-0.15, -0.1) is 5.06 Å². The van der Waals surface area contributed by atoms with Crippen LogP contribution >= 0.6 is 11.8 Å². The van der Waals surface area contributed by atoms with Gasteiger partial charge in [-0.1, -0.05) is 26.5 Å². The number of carboxylic acid groups (broad SMARTS) is 1. The van der Waals surface area contributed by atoms with E-state index >= 15 is 0 Å². The molecule has 1 aliphatic carbocycles. The number of hydrogen-bond donors (Lipinski definition) is 4. The molecule has 4 amide bonds. The van der Waals surface area contributed by atoms with Crippen molar-refractivity contribution in [3.05, 3.63) is 80.7 Å². The molecule has 0 unspecified atom stereocenters. The second-order valence-corrected chi connectivity index (χ2v) is 13.5. The largest absolute Gasteiger partial charge is 0.508 e. The number of fused-ring (bicyclic) bond motifs is 1. The van der Waals surface area contributed by atoms with E-state index in [1.165, 1.54) is 54.2 Å². The monoisotopic (exact) mass is 719 g/mol. The lowest BCUT2D eigenvalue weighted by Crippen LogP contribution is -2.42. The average Bonchev–Trinajstić information content (AvgIpc) is 3.39. The minimum atomic E-state index is -1.25. The van der Waals surface area contributed by atoms with Gasteiger partial charge in [0.15, 0.2) is 5.43 Å². The van der Waals surface area contributed by atoms with Crippen LogP contribution in [0.25, 0.3) is 34.6 Å². The number of amides is 4. The Hall–Kier alpha value is -5.70. The van der Waals surface area contributed by atoms with E-state index in [1.807, 2.05) is 13.8 Å². The molecule has 4 N–H and O–H groups in total. The van der Waals surface area contributed by atoms with Gasteiger partial charge in [0.1, 0.15) is 16.9 Å². The Morgan fingerprint density at radius 2 is 1.69 bits per heavy atom. The third kappa shape index (κ3) is 9.72. The second kappa shape index (κ2) is 16.3. The third-order valence-corrected chi connectivity index (χ3v) is 8.68. The Morgan fingerprint density at radius 1 is 1.00 bits per heavy atom. The van der Waals surface area contributed by atoms with Gasteiger partial charge in [0, 0.05) is 65.7 Å². The van der Waals surface area contributed by atoms with Crippen LogP contribution < -0.4 is 26.7 Å². The van der Waals surface area contributed by atoms with Gasteiger partial charge in [-0.25, -0.2) is 9.59 Å². The molecule has 14 nitrogen and oxygen atoms in total. The Bertz CT molecular complexity index is 2050. The van der Waals surface area contributed by atoms with Crippen molar-refractivity contribution in [1.82, 2.24) is 15.7 Å². The van der Waals surface area contributed by atoms with Crippen LogP contribution in [0, 0.1) is 5.41 Å². The first-order valence-corrected chi connectivity index (χ1v) is 17.0. The van der Waals surface area contributed by atoms with E-state index in [0.717, 1.165) is 0 Å². The van der Waals surface area contributed by atoms with Crippen molar-refractivity contribution in [2.75, 3.05) is 24.6 Å². The maximum atomic E-state index is 13.4. The minimum Gasteiger partial charge on any atom is -0.508 e. The Morgan fingerprint density at radius 3 is 2.33 bits per heavy atom.